The Kier molecular flexibility index (Phi) is 6.99. The van der Waals surface area contributed by atoms with Crippen molar-refractivity contribution in [3.8, 4) is 0 Å². The zero-order chi connectivity index (χ0) is 15.0. The predicted octanol–water partition coefficient (Wildman–Crippen LogP) is 1.82. The molecule has 0 radical (unpaired) electrons. The van der Waals surface area contributed by atoms with E-state index < -0.39 is 0 Å². The summed E-state index contributed by atoms with van der Waals surface area (Å²) >= 11 is 0. The van der Waals surface area contributed by atoms with E-state index in [0.29, 0.717) is 13.0 Å². The molecule has 0 saturated heterocycles. The first kappa shape index (κ1) is 17.0. The van der Waals surface area contributed by atoms with E-state index in [1.54, 1.807) is 0 Å². The lowest BCUT2D eigenvalue weighted by Gasteiger charge is -2.27. The molecule has 1 heterocycles. The van der Waals surface area contributed by atoms with Crippen molar-refractivity contribution in [2.24, 2.45) is 4.99 Å². The van der Waals surface area contributed by atoms with Gasteiger partial charge in [-0.25, -0.2) is 0 Å². The van der Waals surface area contributed by atoms with Crippen LogP contribution in [0.5, 0.6) is 0 Å². The van der Waals surface area contributed by atoms with Gasteiger partial charge in [-0.3, -0.25) is 9.79 Å². The number of ether oxygens (including phenoxy) is 1. The molecule has 20 heavy (non-hydrogen) atoms. The number of hydrogen-bond donors (Lipinski definition) is 1. The van der Waals surface area contributed by atoms with E-state index in [0.717, 1.165) is 44.9 Å². The second-order valence-electron chi connectivity index (χ2n) is 6.21. The molecule has 1 N–H and O–H groups in total. The van der Waals surface area contributed by atoms with Gasteiger partial charge in [-0.15, -0.1) is 0 Å². The molecule has 0 aromatic heterocycles. The highest BCUT2D eigenvalue weighted by Crippen LogP contribution is 2.07. The fourth-order valence-corrected chi connectivity index (χ4v) is 2.14. The maximum absolute atomic E-state index is 11.5. The molecule has 5 heteroatoms. The first-order valence-electron chi connectivity index (χ1n) is 7.57. The Labute approximate surface area is 122 Å². The molecule has 5 nitrogen and oxygen atoms in total. The zero-order valence-corrected chi connectivity index (χ0v) is 13.4. The summed E-state index contributed by atoms with van der Waals surface area (Å²) < 4.78 is 5.25. The van der Waals surface area contributed by atoms with Gasteiger partial charge in [0, 0.05) is 26.2 Å². The Morgan fingerprint density at radius 1 is 1.40 bits per heavy atom. The van der Waals surface area contributed by atoms with E-state index in [1.807, 2.05) is 20.8 Å². The van der Waals surface area contributed by atoms with Gasteiger partial charge >= 0.3 is 5.97 Å². The van der Waals surface area contributed by atoms with Crippen LogP contribution in [0.25, 0.3) is 0 Å². The monoisotopic (exact) mass is 283 g/mol. The fraction of sp³-hybridized carbons (Fsp3) is 0.867. The number of amidine groups is 1. The van der Waals surface area contributed by atoms with Gasteiger partial charge in [0.15, 0.2) is 0 Å². The van der Waals surface area contributed by atoms with E-state index in [-0.39, 0.29) is 11.6 Å². The van der Waals surface area contributed by atoms with Gasteiger partial charge in [-0.2, -0.15) is 0 Å². The summed E-state index contributed by atoms with van der Waals surface area (Å²) in [4.78, 5) is 18.3. The van der Waals surface area contributed by atoms with Crippen LogP contribution in [0.4, 0.5) is 0 Å². The van der Waals surface area contributed by atoms with E-state index in [1.165, 1.54) is 0 Å². The summed E-state index contributed by atoms with van der Waals surface area (Å²) in [6.07, 6.45) is 2.66. The molecule has 1 aliphatic heterocycles. The summed E-state index contributed by atoms with van der Waals surface area (Å²) in [5.41, 5.74) is -0.387. The van der Waals surface area contributed by atoms with Crippen molar-refractivity contribution < 1.29 is 9.53 Å². The van der Waals surface area contributed by atoms with Crippen LogP contribution >= 0.6 is 0 Å². The minimum Gasteiger partial charge on any atom is -0.460 e. The van der Waals surface area contributed by atoms with Crippen LogP contribution in [0, 0.1) is 0 Å². The average Bonchev–Trinajstić information content (AvgIpc) is 2.33. The number of hydrogen-bond acceptors (Lipinski definition) is 5. The maximum Gasteiger partial charge on any atom is 0.307 e. The highest BCUT2D eigenvalue weighted by molar-refractivity contribution is 5.80. The molecule has 0 unspecified atom stereocenters. The molecule has 0 atom stereocenters. The van der Waals surface area contributed by atoms with Crippen molar-refractivity contribution in [2.45, 2.75) is 52.6 Å². The van der Waals surface area contributed by atoms with Crippen molar-refractivity contribution in [3.63, 3.8) is 0 Å². The second-order valence-corrected chi connectivity index (χ2v) is 6.21. The van der Waals surface area contributed by atoms with E-state index in [2.05, 4.69) is 22.1 Å². The molecular weight excluding hydrogens is 254 g/mol. The lowest BCUT2D eigenvalue weighted by atomic mass is 10.2. The number of nitrogens with zero attached hydrogens (tertiary/aromatic N) is 2. The highest BCUT2D eigenvalue weighted by atomic mass is 16.6. The van der Waals surface area contributed by atoms with Crippen molar-refractivity contribution >= 4 is 11.8 Å². The normalized spacial score (nSPS) is 16.0. The Bertz CT molecular complexity index is 335. The van der Waals surface area contributed by atoms with Crippen LogP contribution in [-0.4, -0.2) is 55.0 Å². The molecular formula is C15H29N3O2. The molecule has 0 fully saturated rings. The molecule has 0 saturated carbocycles. The van der Waals surface area contributed by atoms with E-state index in [9.17, 15) is 4.79 Å². The lowest BCUT2D eigenvalue weighted by Crippen LogP contribution is -2.36. The third-order valence-corrected chi connectivity index (χ3v) is 3.09. The Morgan fingerprint density at radius 2 is 2.15 bits per heavy atom. The number of esters is 1. The van der Waals surface area contributed by atoms with Crippen LogP contribution in [0.15, 0.2) is 4.99 Å². The Hall–Kier alpha value is -1.10. The van der Waals surface area contributed by atoms with Crippen LogP contribution in [0.3, 0.4) is 0 Å². The first-order valence-corrected chi connectivity index (χ1v) is 7.57. The summed E-state index contributed by atoms with van der Waals surface area (Å²) in [7, 11) is 0. The standard InChI is InChI=1S/C15H29N3O2/c1-13-17-9-6-12-18(13)11-5-8-16-10-7-14(19)20-15(2,3)4/h16H,5-12H2,1-4H3. The summed E-state index contributed by atoms with van der Waals surface area (Å²) in [5.74, 6) is 1.02. The number of carbonyl (C=O) groups is 1. The molecule has 0 amide bonds. The van der Waals surface area contributed by atoms with Crippen molar-refractivity contribution in [1.29, 1.82) is 0 Å². The number of aliphatic imine (C=N–C) groups is 1. The molecule has 1 aliphatic rings. The van der Waals surface area contributed by atoms with Crippen LogP contribution in [0.2, 0.25) is 0 Å². The van der Waals surface area contributed by atoms with Gasteiger partial charge in [-0.05, 0) is 47.1 Å². The van der Waals surface area contributed by atoms with E-state index in [4.69, 9.17) is 4.74 Å². The Morgan fingerprint density at radius 3 is 2.80 bits per heavy atom. The number of nitrogens with one attached hydrogen (secondary N) is 1. The molecule has 0 aromatic carbocycles. The SMILES string of the molecule is CC1=NCCCN1CCCNCCC(=O)OC(C)(C)C. The van der Waals surface area contributed by atoms with Gasteiger partial charge in [0.05, 0.1) is 12.3 Å². The second kappa shape index (κ2) is 8.25. The smallest absolute Gasteiger partial charge is 0.307 e. The number of rotatable bonds is 7. The molecule has 0 aliphatic carbocycles. The van der Waals surface area contributed by atoms with Gasteiger partial charge in [-0.1, -0.05) is 0 Å². The van der Waals surface area contributed by atoms with Crippen molar-refractivity contribution in [1.82, 2.24) is 10.2 Å². The highest BCUT2D eigenvalue weighted by Gasteiger charge is 2.15. The average molecular weight is 283 g/mol. The van der Waals surface area contributed by atoms with Gasteiger partial charge < -0.3 is 15.0 Å². The third kappa shape index (κ3) is 7.48. The quantitative estimate of drug-likeness (QED) is 0.572. The van der Waals surface area contributed by atoms with Gasteiger partial charge in [0.1, 0.15) is 5.60 Å². The Balaban J connectivity index is 2.01. The lowest BCUT2D eigenvalue weighted by molar-refractivity contribution is -0.154. The summed E-state index contributed by atoms with van der Waals surface area (Å²) in [6, 6.07) is 0. The summed E-state index contributed by atoms with van der Waals surface area (Å²) in [5, 5.41) is 3.29. The van der Waals surface area contributed by atoms with Crippen LogP contribution < -0.4 is 5.32 Å². The molecule has 0 aromatic rings. The van der Waals surface area contributed by atoms with Gasteiger partial charge in [0.25, 0.3) is 0 Å². The minimum atomic E-state index is -0.387. The zero-order valence-electron chi connectivity index (χ0n) is 13.4. The molecule has 0 bridgehead atoms. The van der Waals surface area contributed by atoms with Crippen molar-refractivity contribution in [2.75, 3.05) is 32.7 Å². The minimum absolute atomic E-state index is 0.135. The topological polar surface area (TPSA) is 53.9 Å². The van der Waals surface area contributed by atoms with Crippen molar-refractivity contribution in [3.05, 3.63) is 0 Å². The number of carbonyl (C=O) groups excluding carboxylic acids is 1. The van der Waals surface area contributed by atoms with Crippen LogP contribution in [0.1, 0.15) is 47.0 Å². The molecule has 0 spiro atoms. The van der Waals surface area contributed by atoms with Gasteiger partial charge in [0.2, 0.25) is 0 Å². The first-order chi connectivity index (χ1) is 9.38. The third-order valence-electron chi connectivity index (χ3n) is 3.09. The predicted molar refractivity (Wildman–Crippen MR) is 82.1 cm³/mol. The molecule has 116 valence electrons. The van der Waals surface area contributed by atoms with Crippen LogP contribution in [-0.2, 0) is 9.53 Å². The van der Waals surface area contributed by atoms with E-state index >= 15 is 0 Å². The molecule has 1 rings (SSSR count). The fourth-order valence-electron chi connectivity index (χ4n) is 2.14. The summed E-state index contributed by atoms with van der Waals surface area (Å²) in [6.45, 7) is 12.5. The maximum atomic E-state index is 11.5. The largest absolute Gasteiger partial charge is 0.460 e.